The van der Waals surface area contributed by atoms with Gasteiger partial charge in [-0.15, -0.1) is 0 Å². The van der Waals surface area contributed by atoms with E-state index < -0.39 is 0 Å². The van der Waals surface area contributed by atoms with Crippen LogP contribution < -0.4 is 0 Å². The Kier molecular flexibility index (Phi) is 4.07. The molecule has 1 aliphatic carbocycles. The Hall–Kier alpha value is -0.500. The second-order valence-corrected chi connectivity index (χ2v) is 4.86. The van der Waals surface area contributed by atoms with Crippen molar-refractivity contribution in [3.63, 3.8) is 0 Å². The van der Waals surface area contributed by atoms with E-state index in [2.05, 4.69) is 0 Å². The molecule has 15 heavy (non-hydrogen) atoms. The summed E-state index contributed by atoms with van der Waals surface area (Å²) < 4.78 is 5.30. The lowest BCUT2D eigenvalue weighted by molar-refractivity contribution is 0.111. The summed E-state index contributed by atoms with van der Waals surface area (Å²) in [6.07, 6.45) is 11.3. The van der Waals surface area contributed by atoms with Crippen LogP contribution >= 0.6 is 0 Å². The van der Waals surface area contributed by atoms with Crippen molar-refractivity contribution in [1.29, 1.82) is 0 Å². The predicted octanol–water partition coefficient (Wildman–Crippen LogP) is 3.01. The molecule has 0 aromatic rings. The fraction of sp³-hybridized carbons (Fsp3) is 0.846. The Morgan fingerprint density at radius 2 is 1.87 bits per heavy atom. The molecule has 1 saturated carbocycles. The molecule has 2 heteroatoms. The molecule has 0 saturated heterocycles. The Balaban J connectivity index is 1.92. The summed E-state index contributed by atoms with van der Waals surface area (Å²) in [7, 11) is 0. The van der Waals surface area contributed by atoms with Gasteiger partial charge >= 0.3 is 0 Å². The van der Waals surface area contributed by atoms with Gasteiger partial charge in [0, 0.05) is 0 Å². The van der Waals surface area contributed by atoms with Gasteiger partial charge in [0.2, 0.25) is 0 Å². The van der Waals surface area contributed by atoms with Gasteiger partial charge in [-0.25, -0.2) is 0 Å². The first-order valence-electron chi connectivity index (χ1n) is 6.36. The molecule has 0 aromatic heterocycles. The van der Waals surface area contributed by atoms with Crippen LogP contribution in [0.3, 0.4) is 0 Å². The van der Waals surface area contributed by atoms with Crippen LogP contribution in [-0.2, 0) is 4.74 Å². The topological polar surface area (TPSA) is 29.5 Å². The first kappa shape index (κ1) is 11.0. The van der Waals surface area contributed by atoms with Crippen molar-refractivity contribution in [2.24, 2.45) is 5.92 Å². The molecule has 2 aliphatic rings. The standard InChI is InChI=1S/C13H22O2/c14-13(12-8-5-9-15-10-12)11-6-3-1-2-4-7-11/h10-11,13-14H,1-9H2. The summed E-state index contributed by atoms with van der Waals surface area (Å²) in [5.74, 6) is 0.487. The third-order valence-electron chi connectivity index (χ3n) is 3.69. The van der Waals surface area contributed by atoms with Crippen molar-refractivity contribution in [3.8, 4) is 0 Å². The average molecular weight is 210 g/mol. The first-order chi connectivity index (χ1) is 7.38. The number of ether oxygens (including phenoxy) is 1. The molecule has 2 rings (SSSR count). The van der Waals surface area contributed by atoms with E-state index in [0.717, 1.165) is 25.0 Å². The summed E-state index contributed by atoms with van der Waals surface area (Å²) in [4.78, 5) is 0. The van der Waals surface area contributed by atoms with Crippen molar-refractivity contribution in [2.75, 3.05) is 6.61 Å². The zero-order valence-electron chi connectivity index (χ0n) is 9.45. The van der Waals surface area contributed by atoms with E-state index in [9.17, 15) is 5.11 Å². The molecular formula is C13H22O2. The van der Waals surface area contributed by atoms with Gasteiger partial charge in [-0.05, 0) is 37.2 Å². The van der Waals surface area contributed by atoms with Crippen LogP contribution in [-0.4, -0.2) is 17.8 Å². The van der Waals surface area contributed by atoms with E-state index in [-0.39, 0.29) is 6.10 Å². The molecule has 1 unspecified atom stereocenters. The SMILES string of the molecule is OC(C1=COCCC1)C1CCCCCC1. The molecule has 1 heterocycles. The van der Waals surface area contributed by atoms with Crippen LogP contribution in [0.1, 0.15) is 51.4 Å². The van der Waals surface area contributed by atoms with Gasteiger partial charge in [-0.3, -0.25) is 0 Å². The number of hydrogen-bond acceptors (Lipinski definition) is 2. The lowest BCUT2D eigenvalue weighted by atomic mass is 9.88. The van der Waals surface area contributed by atoms with Gasteiger partial charge < -0.3 is 9.84 Å². The van der Waals surface area contributed by atoms with Crippen LogP contribution in [0.5, 0.6) is 0 Å². The van der Waals surface area contributed by atoms with Crippen molar-refractivity contribution < 1.29 is 9.84 Å². The van der Waals surface area contributed by atoms with Crippen LogP contribution in [0.4, 0.5) is 0 Å². The Bertz CT molecular complexity index is 215. The molecule has 1 aliphatic heterocycles. The second-order valence-electron chi connectivity index (χ2n) is 4.86. The maximum absolute atomic E-state index is 10.3. The minimum absolute atomic E-state index is 0.233. The normalized spacial score (nSPS) is 26.3. The largest absolute Gasteiger partial charge is 0.501 e. The number of aliphatic hydroxyl groups excluding tert-OH is 1. The average Bonchev–Trinajstić information content (AvgIpc) is 2.58. The minimum atomic E-state index is -0.233. The molecule has 0 aromatic carbocycles. The molecule has 86 valence electrons. The Labute approximate surface area is 92.3 Å². The fourth-order valence-electron chi connectivity index (χ4n) is 2.73. The molecule has 1 atom stereocenters. The van der Waals surface area contributed by atoms with E-state index in [0.29, 0.717) is 5.92 Å². The van der Waals surface area contributed by atoms with Gasteiger partial charge in [0.1, 0.15) is 0 Å². The van der Waals surface area contributed by atoms with Gasteiger partial charge in [-0.1, -0.05) is 25.7 Å². The zero-order chi connectivity index (χ0) is 10.5. The van der Waals surface area contributed by atoms with E-state index in [4.69, 9.17) is 4.74 Å². The second kappa shape index (κ2) is 5.55. The van der Waals surface area contributed by atoms with Crippen LogP contribution in [0.2, 0.25) is 0 Å². The molecule has 2 nitrogen and oxygen atoms in total. The quantitative estimate of drug-likeness (QED) is 0.710. The molecule has 1 N–H and O–H groups in total. The number of hydrogen-bond donors (Lipinski definition) is 1. The molecule has 0 bridgehead atoms. The lowest BCUT2D eigenvalue weighted by Gasteiger charge is -2.25. The molecule has 1 fully saturated rings. The van der Waals surface area contributed by atoms with Crippen molar-refractivity contribution in [2.45, 2.75) is 57.5 Å². The predicted molar refractivity (Wildman–Crippen MR) is 60.5 cm³/mol. The smallest absolute Gasteiger partial charge is 0.0876 e. The van der Waals surface area contributed by atoms with E-state index >= 15 is 0 Å². The third-order valence-corrected chi connectivity index (χ3v) is 3.69. The highest BCUT2D eigenvalue weighted by molar-refractivity contribution is 5.08. The Morgan fingerprint density at radius 1 is 1.13 bits per heavy atom. The summed E-state index contributed by atoms with van der Waals surface area (Å²) in [5, 5.41) is 10.3. The van der Waals surface area contributed by atoms with Gasteiger partial charge in [0.25, 0.3) is 0 Å². The monoisotopic (exact) mass is 210 g/mol. The fourth-order valence-corrected chi connectivity index (χ4v) is 2.73. The lowest BCUT2D eigenvalue weighted by Crippen LogP contribution is -2.24. The molecular weight excluding hydrogens is 188 g/mol. The van der Waals surface area contributed by atoms with E-state index in [1.165, 1.54) is 38.5 Å². The summed E-state index contributed by atoms with van der Waals surface area (Å²) in [6, 6.07) is 0. The van der Waals surface area contributed by atoms with E-state index in [1.54, 1.807) is 6.26 Å². The summed E-state index contributed by atoms with van der Waals surface area (Å²) >= 11 is 0. The van der Waals surface area contributed by atoms with Gasteiger partial charge in [0.15, 0.2) is 0 Å². The third kappa shape index (κ3) is 2.97. The Morgan fingerprint density at radius 3 is 2.47 bits per heavy atom. The highest BCUT2D eigenvalue weighted by Gasteiger charge is 2.24. The van der Waals surface area contributed by atoms with Gasteiger partial charge in [0.05, 0.1) is 19.0 Å². The van der Waals surface area contributed by atoms with Crippen LogP contribution in [0.15, 0.2) is 11.8 Å². The number of rotatable bonds is 2. The maximum Gasteiger partial charge on any atom is 0.0876 e. The van der Waals surface area contributed by atoms with E-state index in [1.807, 2.05) is 0 Å². The van der Waals surface area contributed by atoms with Gasteiger partial charge in [-0.2, -0.15) is 0 Å². The molecule has 0 amide bonds. The summed E-state index contributed by atoms with van der Waals surface area (Å²) in [5.41, 5.74) is 1.13. The van der Waals surface area contributed by atoms with Crippen LogP contribution in [0.25, 0.3) is 0 Å². The summed E-state index contributed by atoms with van der Waals surface area (Å²) in [6.45, 7) is 0.820. The highest BCUT2D eigenvalue weighted by atomic mass is 16.5. The maximum atomic E-state index is 10.3. The molecule has 0 radical (unpaired) electrons. The first-order valence-corrected chi connectivity index (χ1v) is 6.36. The number of aliphatic hydroxyl groups is 1. The van der Waals surface area contributed by atoms with Crippen molar-refractivity contribution >= 4 is 0 Å². The molecule has 0 spiro atoms. The minimum Gasteiger partial charge on any atom is -0.501 e. The van der Waals surface area contributed by atoms with Crippen molar-refractivity contribution in [3.05, 3.63) is 11.8 Å². The highest BCUT2D eigenvalue weighted by Crippen LogP contribution is 2.30. The van der Waals surface area contributed by atoms with Crippen molar-refractivity contribution in [1.82, 2.24) is 0 Å². The zero-order valence-corrected chi connectivity index (χ0v) is 9.45. The van der Waals surface area contributed by atoms with Crippen LogP contribution in [0, 0.1) is 5.92 Å².